The highest BCUT2D eigenvalue weighted by molar-refractivity contribution is 7.89. The van der Waals surface area contributed by atoms with Gasteiger partial charge in [0.2, 0.25) is 10.0 Å². The minimum absolute atomic E-state index is 0.110. The predicted molar refractivity (Wildman–Crippen MR) is 111 cm³/mol. The lowest BCUT2D eigenvalue weighted by Gasteiger charge is -2.15. The third-order valence-electron chi connectivity index (χ3n) is 4.72. The van der Waals surface area contributed by atoms with Gasteiger partial charge in [-0.2, -0.15) is 4.31 Å². The molecular formula is C21H22N2O7S. The molecule has 1 saturated heterocycles. The van der Waals surface area contributed by atoms with Gasteiger partial charge in [0.15, 0.2) is 6.61 Å². The van der Waals surface area contributed by atoms with Crippen LogP contribution in [-0.2, 0) is 24.3 Å². The topological polar surface area (TPSA) is 119 Å². The van der Waals surface area contributed by atoms with Crippen LogP contribution in [0.25, 0.3) is 0 Å². The molecule has 31 heavy (non-hydrogen) atoms. The molecule has 0 unspecified atom stereocenters. The maximum Gasteiger partial charge on any atom is 0.338 e. The van der Waals surface area contributed by atoms with Crippen LogP contribution in [0.2, 0.25) is 0 Å². The summed E-state index contributed by atoms with van der Waals surface area (Å²) in [7, 11) is -2.29. The van der Waals surface area contributed by atoms with Crippen LogP contribution < -0.4 is 5.32 Å². The highest BCUT2D eigenvalue weighted by Crippen LogP contribution is 2.21. The Kier molecular flexibility index (Phi) is 7.03. The number of methoxy groups -OCH3 is 1. The lowest BCUT2D eigenvalue weighted by Crippen LogP contribution is -2.27. The van der Waals surface area contributed by atoms with Gasteiger partial charge >= 0.3 is 11.9 Å². The van der Waals surface area contributed by atoms with Crippen LogP contribution in [0.4, 0.5) is 5.69 Å². The highest BCUT2D eigenvalue weighted by Gasteiger charge is 2.27. The van der Waals surface area contributed by atoms with Crippen molar-refractivity contribution in [3.05, 3.63) is 59.7 Å². The van der Waals surface area contributed by atoms with Crippen LogP contribution in [0, 0.1) is 0 Å². The summed E-state index contributed by atoms with van der Waals surface area (Å²) in [5.74, 6) is -1.81. The molecule has 0 spiro atoms. The quantitative estimate of drug-likeness (QED) is 0.647. The van der Waals surface area contributed by atoms with Crippen LogP contribution in [0.3, 0.4) is 0 Å². The van der Waals surface area contributed by atoms with E-state index < -0.39 is 34.5 Å². The van der Waals surface area contributed by atoms with E-state index in [0.717, 1.165) is 12.8 Å². The number of anilines is 1. The first kappa shape index (κ1) is 22.4. The Morgan fingerprint density at radius 2 is 1.45 bits per heavy atom. The first-order valence-corrected chi connectivity index (χ1v) is 11.0. The zero-order chi connectivity index (χ0) is 22.4. The van der Waals surface area contributed by atoms with E-state index in [1.54, 1.807) is 0 Å². The summed E-state index contributed by atoms with van der Waals surface area (Å²) >= 11 is 0. The molecule has 0 aliphatic carbocycles. The van der Waals surface area contributed by atoms with Gasteiger partial charge in [0.05, 0.1) is 23.1 Å². The Bertz CT molecular complexity index is 1060. The molecule has 9 nitrogen and oxygen atoms in total. The summed E-state index contributed by atoms with van der Waals surface area (Å²) < 4.78 is 36.0. The second kappa shape index (κ2) is 9.71. The normalized spacial score (nSPS) is 14.1. The van der Waals surface area contributed by atoms with Gasteiger partial charge in [-0.25, -0.2) is 18.0 Å². The molecule has 1 fully saturated rings. The number of nitrogens with zero attached hydrogens (tertiary/aromatic N) is 1. The molecule has 0 aromatic heterocycles. The van der Waals surface area contributed by atoms with Crippen molar-refractivity contribution in [1.29, 1.82) is 0 Å². The summed E-state index contributed by atoms with van der Waals surface area (Å²) in [6.07, 6.45) is 1.67. The fourth-order valence-electron chi connectivity index (χ4n) is 3.06. The third-order valence-corrected chi connectivity index (χ3v) is 6.63. The van der Waals surface area contributed by atoms with Gasteiger partial charge in [-0.1, -0.05) is 0 Å². The van der Waals surface area contributed by atoms with Gasteiger partial charge in [0, 0.05) is 18.8 Å². The molecule has 3 rings (SSSR count). The number of hydrogen-bond donors (Lipinski definition) is 1. The van der Waals surface area contributed by atoms with E-state index in [4.69, 9.17) is 4.74 Å². The van der Waals surface area contributed by atoms with Crippen molar-refractivity contribution in [3.63, 3.8) is 0 Å². The van der Waals surface area contributed by atoms with Gasteiger partial charge in [-0.3, -0.25) is 4.79 Å². The summed E-state index contributed by atoms with van der Waals surface area (Å²) in [4.78, 5) is 35.7. The standard InChI is InChI=1S/C21H22N2O7S/c1-29-20(25)15-4-8-17(9-5-15)22-19(24)14-30-21(26)16-6-10-18(11-7-16)31(27,28)23-12-2-3-13-23/h4-11H,2-3,12-14H2,1H3,(H,22,24). The summed E-state index contributed by atoms with van der Waals surface area (Å²) in [5, 5.41) is 2.54. The first-order chi connectivity index (χ1) is 14.8. The Balaban J connectivity index is 1.53. The number of hydrogen-bond acceptors (Lipinski definition) is 7. The minimum Gasteiger partial charge on any atom is -0.465 e. The monoisotopic (exact) mass is 446 g/mol. The SMILES string of the molecule is COC(=O)c1ccc(NC(=O)COC(=O)c2ccc(S(=O)(=O)N3CCCC3)cc2)cc1. The fourth-order valence-corrected chi connectivity index (χ4v) is 4.58. The number of rotatable bonds is 7. The molecule has 2 aromatic carbocycles. The van der Waals surface area contributed by atoms with E-state index in [0.29, 0.717) is 24.3 Å². The Labute approximate surface area is 180 Å². The number of esters is 2. The number of amides is 1. The van der Waals surface area contributed by atoms with E-state index in [2.05, 4.69) is 10.1 Å². The summed E-state index contributed by atoms with van der Waals surface area (Å²) in [6, 6.07) is 11.4. The minimum atomic E-state index is -3.56. The molecule has 0 radical (unpaired) electrons. The summed E-state index contributed by atoms with van der Waals surface area (Å²) in [5.41, 5.74) is 0.892. The van der Waals surface area contributed by atoms with Crippen molar-refractivity contribution in [2.24, 2.45) is 0 Å². The van der Waals surface area contributed by atoms with Crippen molar-refractivity contribution in [1.82, 2.24) is 4.31 Å². The average molecular weight is 446 g/mol. The molecule has 0 bridgehead atoms. The van der Waals surface area contributed by atoms with Crippen molar-refractivity contribution in [2.75, 3.05) is 32.1 Å². The molecule has 0 atom stereocenters. The zero-order valence-electron chi connectivity index (χ0n) is 16.9. The Hall–Kier alpha value is -3.24. The number of sulfonamides is 1. The van der Waals surface area contributed by atoms with Gasteiger partial charge in [0.25, 0.3) is 5.91 Å². The number of benzene rings is 2. The highest BCUT2D eigenvalue weighted by atomic mass is 32.2. The van der Waals surface area contributed by atoms with E-state index >= 15 is 0 Å². The molecule has 2 aromatic rings. The molecule has 10 heteroatoms. The van der Waals surface area contributed by atoms with E-state index in [1.807, 2.05) is 0 Å². The van der Waals surface area contributed by atoms with Crippen LogP contribution in [0.15, 0.2) is 53.4 Å². The lowest BCUT2D eigenvalue weighted by atomic mass is 10.2. The fraction of sp³-hybridized carbons (Fsp3) is 0.286. The van der Waals surface area contributed by atoms with Gasteiger partial charge < -0.3 is 14.8 Å². The van der Waals surface area contributed by atoms with Crippen LogP contribution >= 0.6 is 0 Å². The molecule has 164 valence electrons. The average Bonchev–Trinajstić information content (AvgIpc) is 3.33. The lowest BCUT2D eigenvalue weighted by molar-refractivity contribution is -0.119. The predicted octanol–water partition coefficient (Wildman–Crippen LogP) is 2.05. The molecule has 1 aliphatic heterocycles. The zero-order valence-corrected chi connectivity index (χ0v) is 17.7. The van der Waals surface area contributed by atoms with E-state index in [-0.39, 0.29) is 10.5 Å². The van der Waals surface area contributed by atoms with Gasteiger partial charge in [0.1, 0.15) is 0 Å². The Morgan fingerprint density at radius 1 is 0.903 bits per heavy atom. The molecule has 0 saturated carbocycles. The molecular weight excluding hydrogens is 424 g/mol. The number of carbonyl (C=O) groups is 3. The van der Waals surface area contributed by atoms with Crippen molar-refractivity contribution in [3.8, 4) is 0 Å². The van der Waals surface area contributed by atoms with Crippen molar-refractivity contribution >= 4 is 33.6 Å². The second-order valence-corrected chi connectivity index (χ2v) is 8.77. The third kappa shape index (κ3) is 5.47. The smallest absolute Gasteiger partial charge is 0.338 e. The molecule has 1 amide bonds. The summed E-state index contributed by atoms with van der Waals surface area (Å²) in [6.45, 7) is 0.463. The van der Waals surface area contributed by atoms with Crippen LogP contribution in [0.1, 0.15) is 33.6 Å². The van der Waals surface area contributed by atoms with Crippen molar-refractivity contribution < 1.29 is 32.3 Å². The van der Waals surface area contributed by atoms with Crippen LogP contribution in [-0.4, -0.2) is 57.4 Å². The number of ether oxygens (including phenoxy) is 2. The van der Waals surface area contributed by atoms with Gasteiger partial charge in [-0.15, -0.1) is 0 Å². The number of carbonyl (C=O) groups excluding carboxylic acids is 3. The second-order valence-electron chi connectivity index (χ2n) is 6.83. The maximum atomic E-state index is 12.5. The Morgan fingerprint density at radius 3 is 2.03 bits per heavy atom. The van der Waals surface area contributed by atoms with Crippen LogP contribution in [0.5, 0.6) is 0 Å². The van der Waals surface area contributed by atoms with Gasteiger partial charge in [-0.05, 0) is 61.4 Å². The van der Waals surface area contributed by atoms with E-state index in [1.165, 1.54) is 59.9 Å². The largest absolute Gasteiger partial charge is 0.465 e. The molecule has 1 N–H and O–H groups in total. The number of nitrogens with one attached hydrogen (secondary N) is 1. The van der Waals surface area contributed by atoms with Crippen molar-refractivity contribution in [2.45, 2.75) is 17.7 Å². The molecule has 1 aliphatic rings. The maximum absolute atomic E-state index is 12.5. The first-order valence-electron chi connectivity index (χ1n) is 9.57. The van der Waals surface area contributed by atoms with E-state index in [9.17, 15) is 22.8 Å². The molecule has 1 heterocycles.